The number of carbonyl (C=O) groups is 1. The molecule has 0 bridgehead atoms. The van der Waals surface area contributed by atoms with Crippen LogP contribution in [0.15, 0.2) is 64.8 Å². The van der Waals surface area contributed by atoms with E-state index < -0.39 is 22.4 Å². The second-order valence-electron chi connectivity index (χ2n) is 6.59. The topological polar surface area (TPSA) is 138 Å². The number of H-pyrrole nitrogens is 1. The van der Waals surface area contributed by atoms with Crippen LogP contribution in [0.2, 0.25) is 0 Å². The van der Waals surface area contributed by atoms with E-state index in [0.717, 1.165) is 0 Å². The zero-order valence-corrected chi connectivity index (χ0v) is 15.9. The predicted octanol–water partition coefficient (Wildman–Crippen LogP) is 2.69. The van der Waals surface area contributed by atoms with E-state index in [4.69, 9.17) is 15.2 Å². The normalized spacial score (nSPS) is 15.4. The summed E-state index contributed by atoms with van der Waals surface area (Å²) in [6, 6.07) is 12.8. The third-order valence-electron chi connectivity index (χ3n) is 4.90. The zero-order chi connectivity index (χ0) is 21.4. The maximum Gasteiger partial charge on any atom is 0.340 e. The molecular formula is C21H17N3O6. The SMILES string of the molecule is CCOC(=O)C1=C(N)Oc2c(c(=O)[nH]c3ccccc23)[C@@H]1c1ccccc1[N+](=O)[O-]. The summed E-state index contributed by atoms with van der Waals surface area (Å²) in [5.41, 5.74) is 5.85. The summed E-state index contributed by atoms with van der Waals surface area (Å²) >= 11 is 0. The van der Waals surface area contributed by atoms with Crippen LogP contribution in [-0.2, 0) is 9.53 Å². The van der Waals surface area contributed by atoms with Gasteiger partial charge in [-0.25, -0.2) is 4.79 Å². The minimum Gasteiger partial charge on any atom is -0.462 e. The highest BCUT2D eigenvalue weighted by molar-refractivity contribution is 5.95. The van der Waals surface area contributed by atoms with Gasteiger partial charge in [0.15, 0.2) is 0 Å². The third kappa shape index (κ3) is 2.96. The van der Waals surface area contributed by atoms with Crippen molar-refractivity contribution >= 4 is 22.6 Å². The lowest BCUT2D eigenvalue weighted by Crippen LogP contribution is -2.32. The van der Waals surface area contributed by atoms with Crippen LogP contribution in [0.25, 0.3) is 10.9 Å². The monoisotopic (exact) mass is 407 g/mol. The van der Waals surface area contributed by atoms with Crippen LogP contribution in [0.4, 0.5) is 5.69 Å². The van der Waals surface area contributed by atoms with Crippen LogP contribution in [0, 0.1) is 10.1 Å². The maximum atomic E-state index is 13.1. The average molecular weight is 407 g/mol. The highest BCUT2D eigenvalue weighted by atomic mass is 16.6. The number of para-hydroxylation sites is 2. The van der Waals surface area contributed by atoms with Crippen molar-refractivity contribution in [1.29, 1.82) is 0 Å². The molecule has 1 aliphatic rings. The number of nitro benzene ring substituents is 1. The second kappa shape index (κ2) is 7.36. The van der Waals surface area contributed by atoms with Crippen molar-refractivity contribution in [3.8, 4) is 5.75 Å². The molecule has 0 fully saturated rings. The quantitative estimate of drug-likeness (QED) is 0.385. The van der Waals surface area contributed by atoms with Gasteiger partial charge in [0.05, 0.1) is 28.5 Å². The van der Waals surface area contributed by atoms with E-state index in [1.807, 2.05) is 0 Å². The van der Waals surface area contributed by atoms with Crippen molar-refractivity contribution in [1.82, 2.24) is 4.98 Å². The summed E-state index contributed by atoms with van der Waals surface area (Å²) in [5.74, 6) is -2.05. The van der Waals surface area contributed by atoms with E-state index in [1.165, 1.54) is 18.2 Å². The van der Waals surface area contributed by atoms with Gasteiger partial charge in [0.25, 0.3) is 11.2 Å². The lowest BCUT2D eigenvalue weighted by Gasteiger charge is -2.28. The summed E-state index contributed by atoms with van der Waals surface area (Å²) in [6.45, 7) is 1.67. The number of rotatable bonds is 4. The lowest BCUT2D eigenvalue weighted by atomic mass is 9.82. The smallest absolute Gasteiger partial charge is 0.340 e. The van der Waals surface area contributed by atoms with E-state index >= 15 is 0 Å². The minimum atomic E-state index is -1.14. The van der Waals surface area contributed by atoms with Gasteiger partial charge in [-0.3, -0.25) is 14.9 Å². The Bertz CT molecular complexity index is 1280. The maximum absolute atomic E-state index is 13.1. The molecule has 0 saturated carbocycles. The van der Waals surface area contributed by atoms with E-state index in [1.54, 1.807) is 37.3 Å². The van der Waals surface area contributed by atoms with Crippen LogP contribution in [0.1, 0.15) is 24.0 Å². The number of aromatic amines is 1. The number of aromatic nitrogens is 1. The van der Waals surface area contributed by atoms with Crippen molar-refractivity contribution in [3.63, 3.8) is 0 Å². The molecular weight excluding hydrogens is 390 g/mol. The molecule has 30 heavy (non-hydrogen) atoms. The van der Waals surface area contributed by atoms with Gasteiger partial charge >= 0.3 is 5.97 Å². The van der Waals surface area contributed by atoms with E-state index in [0.29, 0.717) is 10.9 Å². The molecule has 2 heterocycles. The first kappa shape index (κ1) is 19.2. The van der Waals surface area contributed by atoms with Crippen molar-refractivity contribution in [2.75, 3.05) is 6.61 Å². The Morgan fingerprint density at radius 1 is 1.23 bits per heavy atom. The fourth-order valence-corrected chi connectivity index (χ4v) is 3.69. The Morgan fingerprint density at radius 3 is 2.67 bits per heavy atom. The van der Waals surface area contributed by atoms with Gasteiger partial charge in [-0.1, -0.05) is 30.3 Å². The number of carbonyl (C=O) groups excluding carboxylic acids is 1. The molecule has 0 unspecified atom stereocenters. The van der Waals surface area contributed by atoms with Gasteiger partial charge in [0.1, 0.15) is 11.3 Å². The summed E-state index contributed by atoms with van der Waals surface area (Å²) in [6.07, 6.45) is 0. The molecule has 0 saturated heterocycles. The highest BCUT2D eigenvalue weighted by Gasteiger charge is 2.41. The number of benzene rings is 2. The van der Waals surface area contributed by atoms with Crippen LogP contribution < -0.4 is 16.0 Å². The molecule has 2 aromatic carbocycles. The number of nitrogens with zero attached hydrogens (tertiary/aromatic N) is 1. The Kier molecular flexibility index (Phi) is 4.71. The average Bonchev–Trinajstić information content (AvgIpc) is 2.73. The van der Waals surface area contributed by atoms with Gasteiger partial charge in [0, 0.05) is 17.0 Å². The number of nitrogens with two attached hydrogens (primary N) is 1. The second-order valence-corrected chi connectivity index (χ2v) is 6.59. The van der Waals surface area contributed by atoms with Crippen molar-refractivity contribution in [2.45, 2.75) is 12.8 Å². The first-order valence-electron chi connectivity index (χ1n) is 9.16. The van der Waals surface area contributed by atoms with Crippen LogP contribution in [0.3, 0.4) is 0 Å². The molecule has 3 N–H and O–H groups in total. The van der Waals surface area contributed by atoms with Crippen molar-refractivity contribution < 1.29 is 19.2 Å². The van der Waals surface area contributed by atoms with Crippen molar-refractivity contribution in [3.05, 3.63) is 91.6 Å². The molecule has 9 nitrogen and oxygen atoms in total. The van der Waals surface area contributed by atoms with Gasteiger partial charge in [-0.05, 0) is 19.1 Å². The molecule has 0 spiro atoms. The molecule has 1 atom stereocenters. The fraction of sp³-hybridized carbons (Fsp3) is 0.143. The molecule has 0 radical (unpaired) electrons. The number of hydrogen-bond donors (Lipinski definition) is 2. The molecule has 9 heteroatoms. The third-order valence-corrected chi connectivity index (χ3v) is 4.90. The van der Waals surface area contributed by atoms with Gasteiger partial charge in [-0.15, -0.1) is 0 Å². The number of esters is 1. The molecule has 152 valence electrons. The van der Waals surface area contributed by atoms with Crippen molar-refractivity contribution in [2.24, 2.45) is 5.73 Å². The predicted molar refractivity (Wildman–Crippen MR) is 108 cm³/mol. The largest absolute Gasteiger partial charge is 0.462 e. The summed E-state index contributed by atoms with van der Waals surface area (Å²) in [5, 5.41) is 12.2. The Hall–Kier alpha value is -4.14. The van der Waals surface area contributed by atoms with Gasteiger partial charge in [-0.2, -0.15) is 0 Å². The molecule has 3 aromatic rings. The van der Waals surface area contributed by atoms with Gasteiger partial charge < -0.3 is 20.2 Å². The highest BCUT2D eigenvalue weighted by Crippen LogP contribution is 2.45. The zero-order valence-electron chi connectivity index (χ0n) is 15.9. The summed E-state index contributed by atoms with van der Waals surface area (Å²) < 4.78 is 10.8. The number of fused-ring (bicyclic) bond motifs is 3. The van der Waals surface area contributed by atoms with E-state index in [2.05, 4.69) is 4.98 Å². The number of nitrogens with one attached hydrogen (secondary N) is 1. The molecule has 0 aliphatic carbocycles. The number of hydrogen-bond acceptors (Lipinski definition) is 7. The Labute approximate surface area is 169 Å². The standard InChI is InChI=1S/C21H17N3O6/c1-2-29-21(26)17-15(12-8-4-6-10-14(12)24(27)28)16-18(30-19(17)22)11-7-3-5-9-13(11)23-20(16)25/h3-10,15H,2,22H2,1H3,(H,23,25)/t15-/m0/s1. The number of ether oxygens (including phenoxy) is 2. The van der Waals surface area contributed by atoms with Crippen LogP contribution >= 0.6 is 0 Å². The van der Waals surface area contributed by atoms with Crippen LogP contribution in [-0.4, -0.2) is 22.5 Å². The summed E-state index contributed by atoms with van der Waals surface area (Å²) in [7, 11) is 0. The van der Waals surface area contributed by atoms with E-state index in [9.17, 15) is 19.7 Å². The number of nitro groups is 1. The lowest BCUT2D eigenvalue weighted by molar-refractivity contribution is -0.385. The minimum absolute atomic E-state index is 0.0557. The fourth-order valence-electron chi connectivity index (χ4n) is 3.69. The molecule has 0 amide bonds. The molecule has 1 aromatic heterocycles. The van der Waals surface area contributed by atoms with Crippen LogP contribution in [0.5, 0.6) is 5.75 Å². The molecule has 1 aliphatic heterocycles. The van der Waals surface area contributed by atoms with Gasteiger partial charge in [0.2, 0.25) is 5.88 Å². The van der Waals surface area contributed by atoms with E-state index in [-0.39, 0.29) is 40.6 Å². The number of pyridine rings is 1. The molecule has 4 rings (SSSR count). The Balaban J connectivity index is 2.10. The summed E-state index contributed by atoms with van der Waals surface area (Å²) in [4.78, 5) is 39.7. The Morgan fingerprint density at radius 2 is 1.93 bits per heavy atom. The first-order valence-corrected chi connectivity index (χ1v) is 9.16. The first-order chi connectivity index (χ1) is 14.4.